The second kappa shape index (κ2) is 8.88. The Balaban J connectivity index is 2.00. The number of ether oxygens (including phenoxy) is 2. The van der Waals surface area contributed by atoms with Gasteiger partial charge in [0.05, 0.1) is 31.7 Å². The van der Waals surface area contributed by atoms with Crippen molar-refractivity contribution in [2.45, 2.75) is 24.8 Å². The van der Waals surface area contributed by atoms with Crippen LogP contribution in [-0.2, 0) is 14.8 Å². The topological polar surface area (TPSA) is 93.7 Å². The maximum atomic E-state index is 12.3. The van der Waals surface area contributed by atoms with Crippen molar-refractivity contribution in [1.82, 2.24) is 10.0 Å². The first-order valence-corrected chi connectivity index (χ1v) is 9.82. The van der Waals surface area contributed by atoms with Gasteiger partial charge in [0.1, 0.15) is 11.5 Å². The summed E-state index contributed by atoms with van der Waals surface area (Å²) in [6.45, 7) is 3.39. The highest BCUT2D eigenvalue weighted by Gasteiger charge is 2.18. The molecule has 0 heterocycles. The Morgan fingerprint density at radius 3 is 2.33 bits per heavy atom. The molecule has 0 saturated carbocycles. The maximum Gasteiger partial charge on any atom is 0.241 e. The summed E-state index contributed by atoms with van der Waals surface area (Å²) in [5.74, 6) is 0.767. The first-order valence-electron chi connectivity index (χ1n) is 8.34. The zero-order valence-electron chi connectivity index (χ0n) is 15.8. The SMILES string of the molecule is COc1ccc(S(=O)(=O)NCC(=O)NC(C)c2cc(C)ccc2OC)cc1. The Hall–Kier alpha value is -2.58. The Morgan fingerprint density at radius 2 is 1.74 bits per heavy atom. The summed E-state index contributed by atoms with van der Waals surface area (Å²) in [6, 6.07) is 11.3. The van der Waals surface area contributed by atoms with Crippen molar-refractivity contribution < 1.29 is 22.7 Å². The number of aryl methyl sites for hydroxylation is 1. The van der Waals surface area contributed by atoms with Crippen LogP contribution in [0.15, 0.2) is 47.4 Å². The van der Waals surface area contributed by atoms with E-state index in [-0.39, 0.29) is 17.5 Å². The molecule has 8 heteroatoms. The van der Waals surface area contributed by atoms with Crippen LogP contribution in [0.2, 0.25) is 0 Å². The molecule has 0 bridgehead atoms. The molecule has 0 aliphatic carbocycles. The standard InChI is InChI=1S/C19H24N2O5S/c1-13-5-10-18(26-4)17(11-13)14(2)21-19(22)12-20-27(23,24)16-8-6-15(25-3)7-9-16/h5-11,14,20H,12H2,1-4H3,(H,21,22). The van der Waals surface area contributed by atoms with E-state index in [0.29, 0.717) is 11.5 Å². The van der Waals surface area contributed by atoms with Crippen molar-refractivity contribution in [2.24, 2.45) is 0 Å². The molecule has 1 amide bonds. The van der Waals surface area contributed by atoms with E-state index in [1.807, 2.05) is 32.0 Å². The van der Waals surface area contributed by atoms with Crippen molar-refractivity contribution in [3.8, 4) is 11.5 Å². The van der Waals surface area contributed by atoms with E-state index in [1.54, 1.807) is 19.2 Å². The number of rotatable bonds is 8. The van der Waals surface area contributed by atoms with Gasteiger partial charge in [-0.25, -0.2) is 13.1 Å². The Morgan fingerprint density at radius 1 is 1.07 bits per heavy atom. The smallest absolute Gasteiger partial charge is 0.241 e. The van der Waals surface area contributed by atoms with Gasteiger partial charge >= 0.3 is 0 Å². The number of amides is 1. The van der Waals surface area contributed by atoms with Crippen LogP contribution in [0.1, 0.15) is 24.1 Å². The van der Waals surface area contributed by atoms with Crippen molar-refractivity contribution in [1.29, 1.82) is 0 Å². The molecular weight excluding hydrogens is 368 g/mol. The summed E-state index contributed by atoms with van der Waals surface area (Å²) in [5.41, 5.74) is 1.86. The van der Waals surface area contributed by atoms with E-state index in [2.05, 4.69) is 10.0 Å². The molecule has 0 saturated heterocycles. The fourth-order valence-electron chi connectivity index (χ4n) is 2.56. The van der Waals surface area contributed by atoms with Crippen LogP contribution in [0.5, 0.6) is 11.5 Å². The summed E-state index contributed by atoms with van der Waals surface area (Å²) in [4.78, 5) is 12.3. The molecule has 2 aromatic rings. The van der Waals surface area contributed by atoms with E-state index in [0.717, 1.165) is 11.1 Å². The van der Waals surface area contributed by atoms with Crippen LogP contribution in [0.4, 0.5) is 0 Å². The monoisotopic (exact) mass is 392 g/mol. The van der Waals surface area contributed by atoms with Crippen molar-refractivity contribution in [3.63, 3.8) is 0 Å². The summed E-state index contributed by atoms with van der Waals surface area (Å²) in [7, 11) is -0.734. The maximum absolute atomic E-state index is 12.3. The Labute approximate surface area is 159 Å². The lowest BCUT2D eigenvalue weighted by atomic mass is 10.0. The van der Waals surface area contributed by atoms with Gasteiger partial charge in [0.25, 0.3) is 0 Å². The van der Waals surface area contributed by atoms with Crippen LogP contribution in [0, 0.1) is 6.92 Å². The molecule has 1 unspecified atom stereocenters. The highest BCUT2D eigenvalue weighted by Crippen LogP contribution is 2.26. The summed E-state index contributed by atoms with van der Waals surface area (Å²) in [6.07, 6.45) is 0. The number of hydrogen-bond donors (Lipinski definition) is 2. The van der Waals surface area contributed by atoms with Crippen LogP contribution < -0.4 is 19.5 Å². The van der Waals surface area contributed by atoms with Gasteiger partial charge in [0, 0.05) is 5.56 Å². The normalized spacial score (nSPS) is 12.3. The number of hydrogen-bond acceptors (Lipinski definition) is 5. The lowest BCUT2D eigenvalue weighted by Gasteiger charge is -2.18. The second-order valence-corrected chi connectivity index (χ2v) is 7.80. The zero-order chi connectivity index (χ0) is 20.0. The van der Waals surface area contributed by atoms with Gasteiger partial charge < -0.3 is 14.8 Å². The summed E-state index contributed by atoms with van der Waals surface area (Å²) >= 11 is 0. The largest absolute Gasteiger partial charge is 0.497 e. The van der Waals surface area contributed by atoms with E-state index in [1.165, 1.54) is 19.2 Å². The molecular formula is C19H24N2O5S. The van der Waals surface area contributed by atoms with E-state index >= 15 is 0 Å². The number of carbonyl (C=O) groups excluding carboxylic acids is 1. The van der Waals surface area contributed by atoms with Gasteiger partial charge in [-0.05, 0) is 44.2 Å². The average Bonchev–Trinajstić information content (AvgIpc) is 2.66. The Kier molecular flexibility index (Phi) is 6.81. The second-order valence-electron chi connectivity index (χ2n) is 6.03. The molecule has 0 radical (unpaired) electrons. The zero-order valence-corrected chi connectivity index (χ0v) is 16.6. The molecule has 0 aliphatic rings. The third kappa shape index (κ3) is 5.45. The third-order valence-corrected chi connectivity index (χ3v) is 5.44. The minimum atomic E-state index is -3.79. The Bertz CT molecular complexity index is 895. The molecule has 0 aliphatic heterocycles. The lowest BCUT2D eigenvalue weighted by molar-refractivity contribution is -0.120. The first kappa shape index (κ1) is 20.7. The molecule has 146 valence electrons. The van der Waals surface area contributed by atoms with Gasteiger partial charge in [-0.15, -0.1) is 0 Å². The minimum Gasteiger partial charge on any atom is -0.497 e. The number of carbonyl (C=O) groups is 1. The molecule has 0 aromatic heterocycles. The third-order valence-electron chi connectivity index (χ3n) is 4.02. The van der Waals surface area contributed by atoms with Gasteiger partial charge in [0.2, 0.25) is 15.9 Å². The van der Waals surface area contributed by atoms with Gasteiger partial charge in [-0.3, -0.25) is 4.79 Å². The molecule has 7 nitrogen and oxygen atoms in total. The van der Waals surface area contributed by atoms with E-state index in [9.17, 15) is 13.2 Å². The summed E-state index contributed by atoms with van der Waals surface area (Å²) in [5, 5.41) is 2.77. The predicted octanol–water partition coefficient (Wildman–Crippen LogP) is 2.17. The van der Waals surface area contributed by atoms with Crippen LogP contribution in [-0.4, -0.2) is 35.1 Å². The fourth-order valence-corrected chi connectivity index (χ4v) is 3.54. The minimum absolute atomic E-state index is 0.0597. The molecule has 1 atom stereocenters. The predicted molar refractivity (Wildman–Crippen MR) is 102 cm³/mol. The van der Waals surface area contributed by atoms with Crippen LogP contribution in [0.3, 0.4) is 0 Å². The van der Waals surface area contributed by atoms with E-state index in [4.69, 9.17) is 9.47 Å². The fraction of sp³-hybridized carbons (Fsp3) is 0.316. The molecule has 2 N–H and O–H groups in total. The number of nitrogens with one attached hydrogen (secondary N) is 2. The molecule has 2 aromatic carbocycles. The molecule has 2 rings (SSSR count). The van der Waals surface area contributed by atoms with Crippen LogP contribution >= 0.6 is 0 Å². The highest BCUT2D eigenvalue weighted by atomic mass is 32.2. The van der Waals surface area contributed by atoms with Gasteiger partial charge in [-0.1, -0.05) is 17.7 Å². The van der Waals surface area contributed by atoms with Crippen molar-refractivity contribution >= 4 is 15.9 Å². The number of methoxy groups -OCH3 is 2. The number of sulfonamides is 1. The molecule has 27 heavy (non-hydrogen) atoms. The van der Waals surface area contributed by atoms with Gasteiger partial charge in [0.15, 0.2) is 0 Å². The average molecular weight is 392 g/mol. The molecule has 0 fully saturated rings. The summed E-state index contributed by atoms with van der Waals surface area (Å²) < 4.78 is 37.2. The lowest BCUT2D eigenvalue weighted by Crippen LogP contribution is -2.38. The van der Waals surface area contributed by atoms with Crippen molar-refractivity contribution in [3.05, 3.63) is 53.6 Å². The van der Waals surface area contributed by atoms with Crippen LogP contribution in [0.25, 0.3) is 0 Å². The quantitative estimate of drug-likeness (QED) is 0.718. The van der Waals surface area contributed by atoms with Gasteiger partial charge in [-0.2, -0.15) is 0 Å². The molecule has 0 spiro atoms. The highest BCUT2D eigenvalue weighted by molar-refractivity contribution is 7.89. The van der Waals surface area contributed by atoms with Crippen molar-refractivity contribution in [2.75, 3.05) is 20.8 Å². The first-order chi connectivity index (χ1) is 12.8. The van der Waals surface area contributed by atoms with E-state index < -0.39 is 15.9 Å². The number of benzene rings is 2.